The number of nitrogens with two attached hydrogens (primary N) is 1. The average Bonchev–Trinajstić information content (AvgIpc) is 2.34. The SMILES string of the molecule is C[C@H](N)c1ccc(Oc2cc(Br)ccc2F)cc1. The van der Waals surface area contributed by atoms with Crippen LogP contribution in [-0.2, 0) is 0 Å². The van der Waals surface area contributed by atoms with Crippen molar-refractivity contribution in [2.75, 3.05) is 0 Å². The Morgan fingerprint density at radius 1 is 1.17 bits per heavy atom. The highest BCUT2D eigenvalue weighted by molar-refractivity contribution is 9.10. The van der Waals surface area contributed by atoms with E-state index in [1.807, 2.05) is 19.1 Å². The van der Waals surface area contributed by atoms with Crippen LogP contribution in [0.2, 0.25) is 0 Å². The molecule has 2 N–H and O–H groups in total. The zero-order chi connectivity index (χ0) is 13.1. The lowest BCUT2D eigenvalue weighted by molar-refractivity contribution is 0.441. The summed E-state index contributed by atoms with van der Waals surface area (Å²) in [4.78, 5) is 0. The highest BCUT2D eigenvalue weighted by Gasteiger charge is 2.06. The van der Waals surface area contributed by atoms with E-state index in [0.29, 0.717) is 5.75 Å². The predicted octanol–water partition coefficient (Wildman–Crippen LogP) is 4.40. The molecule has 0 aliphatic carbocycles. The first-order valence-corrected chi connectivity index (χ1v) is 6.34. The van der Waals surface area contributed by atoms with Crippen LogP contribution in [0.1, 0.15) is 18.5 Å². The third-order valence-corrected chi connectivity index (χ3v) is 3.02. The second-order valence-corrected chi connectivity index (χ2v) is 4.95. The van der Waals surface area contributed by atoms with Gasteiger partial charge in [-0.15, -0.1) is 0 Å². The van der Waals surface area contributed by atoms with Crippen LogP contribution in [0, 0.1) is 5.82 Å². The summed E-state index contributed by atoms with van der Waals surface area (Å²) in [6, 6.07) is 11.8. The van der Waals surface area contributed by atoms with Crippen molar-refractivity contribution in [2.45, 2.75) is 13.0 Å². The number of rotatable bonds is 3. The van der Waals surface area contributed by atoms with Gasteiger partial charge in [-0.1, -0.05) is 28.1 Å². The van der Waals surface area contributed by atoms with Crippen molar-refractivity contribution in [3.05, 3.63) is 58.3 Å². The molecule has 2 rings (SSSR count). The normalized spacial score (nSPS) is 12.2. The molecule has 0 heterocycles. The first kappa shape index (κ1) is 13.1. The molecule has 94 valence electrons. The van der Waals surface area contributed by atoms with E-state index in [1.165, 1.54) is 6.07 Å². The van der Waals surface area contributed by atoms with E-state index < -0.39 is 5.82 Å². The summed E-state index contributed by atoms with van der Waals surface area (Å²) in [5.41, 5.74) is 6.76. The summed E-state index contributed by atoms with van der Waals surface area (Å²) in [5.74, 6) is 0.379. The van der Waals surface area contributed by atoms with E-state index >= 15 is 0 Å². The molecule has 2 aromatic carbocycles. The van der Waals surface area contributed by atoms with Gasteiger partial charge >= 0.3 is 0 Å². The maximum atomic E-state index is 13.5. The third kappa shape index (κ3) is 3.09. The molecule has 0 aromatic heterocycles. The lowest BCUT2D eigenvalue weighted by Gasteiger charge is -2.09. The first-order chi connectivity index (χ1) is 8.56. The molecule has 0 saturated heterocycles. The molecule has 0 unspecified atom stereocenters. The largest absolute Gasteiger partial charge is 0.454 e. The first-order valence-electron chi connectivity index (χ1n) is 5.54. The highest BCUT2D eigenvalue weighted by Crippen LogP contribution is 2.28. The van der Waals surface area contributed by atoms with Crippen molar-refractivity contribution in [1.29, 1.82) is 0 Å². The molecule has 0 amide bonds. The summed E-state index contributed by atoms with van der Waals surface area (Å²) in [5, 5.41) is 0. The maximum absolute atomic E-state index is 13.5. The summed E-state index contributed by atoms with van der Waals surface area (Å²) in [6.07, 6.45) is 0. The van der Waals surface area contributed by atoms with Crippen LogP contribution in [0.3, 0.4) is 0 Å². The second-order valence-electron chi connectivity index (χ2n) is 4.03. The standard InChI is InChI=1S/C14H13BrFNO/c1-9(17)10-2-5-12(6-3-10)18-14-8-11(15)4-7-13(14)16/h2-9H,17H2,1H3/t9-/m0/s1. The minimum Gasteiger partial charge on any atom is -0.454 e. The Bertz CT molecular complexity index is 540. The van der Waals surface area contributed by atoms with Gasteiger partial charge in [0.05, 0.1) is 0 Å². The van der Waals surface area contributed by atoms with Crippen molar-refractivity contribution in [3.63, 3.8) is 0 Å². The lowest BCUT2D eigenvalue weighted by Crippen LogP contribution is -2.04. The number of hydrogen-bond donors (Lipinski definition) is 1. The zero-order valence-electron chi connectivity index (χ0n) is 9.86. The predicted molar refractivity (Wildman–Crippen MR) is 73.2 cm³/mol. The maximum Gasteiger partial charge on any atom is 0.165 e. The van der Waals surface area contributed by atoms with Crippen LogP contribution in [0.4, 0.5) is 4.39 Å². The molecule has 0 bridgehead atoms. The van der Waals surface area contributed by atoms with Gasteiger partial charge in [0.2, 0.25) is 0 Å². The fraction of sp³-hybridized carbons (Fsp3) is 0.143. The fourth-order valence-corrected chi connectivity index (χ4v) is 1.86. The van der Waals surface area contributed by atoms with Crippen molar-refractivity contribution in [3.8, 4) is 11.5 Å². The molecule has 1 atom stereocenters. The molecular weight excluding hydrogens is 297 g/mol. The van der Waals surface area contributed by atoms with Crippen LogP contribution in [-0.4, -0.2) is 0 Å². The number of benzene rings is 2. The van der Waals surface area contributed by atoms with E-state index in [1.54, 1.807) is 24.3 Å². The van der Waals surface area contributed by atoms with Gasteiger partial charge in [0.25, 0.3) is 0 Å². The number of ether oxygens (including phenoxy) is 1. The molecule has 18 heavy (non-hydrogen) atoms. The molecule has 2 aromatic rings. The van der Waals surface area contributed by atoms with Crippen LogP contribution < -0.4 is 10.5 Å². The highest BCUT2D eigenvalue weighted by atomic mass is 79.9. The summed E-state index contributed by atoms with van der Waals surface area (Å²) >= 11 is 3.28. The molecule has 0 aliphatic rings. The summed E-state index contributed by atoms with van der Waals surface area (Å²) in [6.45, 7) is 1.91. The van der Waals surface area contributed by atoms with E-state index in [4.69, 9.17) is 10.5 Å². The Hall–Kier alpha value is -1.39. The van der Waals surface area contributed by atoms with Crippen LogP contribution in [0.25, 0.3) is 0 Å². The average molecular weight is 310 g/mol. The topological polar surface area (TPSA) is 35.2 Å². The quantitative estimate of drug-likeness (QED) is 0.912. The minimum atomic E-state index is -0.394. The lowest BCUT2D eigenvalue weighted by atomic mass is 10.1. The van der Waals surface area contributed by atoms with Gasteiger partial charge in [-0.2, -0.15) is 0 Å². The van der Waals surface area contributed by atoms with Gasteiger partial charge in [0.1, 0.15) is 5.75 Å². The van der Waals surface area contributed by atoms with Gasteiger partial charge in [-0.25, -0.2) is 4.39 Å². The summed E-state index contributed by atoms with van der Waals surface area (Å²) < 4.78 is 19.7. The van der Waals surface area contributed by atoms with E-state index in [9.17, 15) is 4.39 Å². The van der Waals surface area contributed by atoms with Crippen molar-refractivity contribution in [2.24, 2.45) is 5.73 Å². The van der Waals surface area contributed by atoms with Crippen LogP contribution >= 0.6 is 15.9 Å². The monoisotopic (exact) mass is 309 g/mol. The van der Waals surface area contributed by atoms with Crippen molar-refractivity contribution < 1.29 is 9.13 Å². The summed E-state index contributed by atoms with van der Waals surface area (Å²) in [7, 11) is 0. The smallest absolute Gasteiger partial charge is 0.165 e. The Balaban J connectivity index is 2.21. The Morgan fingerprint density at radius 2 is 1.83 bits per heavy atom. The Kier molecular flexibility index (Phi) is 3.99. The number of halogens is 2. The Labute approximate surface area is 114 Å². The van der Waals surface area contributed by atoms with Gasteiger partial charge < -0.3 is 10.5 Å². The molecular formula is C14H13BrFNO. The van der Waals surface area contributed by atoms with E-state index in [2.05, 4.69) is 15.9 Å². The van der Waals surface area contributed by atoms with Gasteiger partial charge in [0.15, 0.2) is 11.6 Å². The number of hydrogen-bond acceptors (Lipinski definition) is 2. The molecule has 4 heteroatoms. The molecule has 0 spiro atoms. The molecule has 0 fully saturated rings. The zero-order valence-corrected chi connectivity index (χ0v) is 11.4. The van der Waals surface area contributed by atoms with E-state index in [0.717, 1.165) is 10.0 Å². The van der Waals surface area contributed by atoms with Crippen molar-refractivity contribution in [1.82, 2.24) is 0 Å². The van der Waals surface area contributed by atoms with E-state index in [-0.39, 0.29) is 11.8 Å². The van der Waals surface area contributed by atoms with Gasteiger partial charge in [-0.3, -0.25) is 0 Å². The molecule has 2 nitrogen and oxygen atoms in total. The molecule has 0 saturated carbocycles. The van der Waals surface area contributed by atoms with Crippen LogP contribution in [0.15, 0.2) is 46.9 Å². The van der Waals surface area contributed by atoms with Crippen molar-refractivity contribution >= 4 is 15.9 Å². The Morgan fingerprint density at radius 3 is 2.44 bits per heavy atom. The molecule has 0 aliphatic heterocycles. The van der Waals surface area contributed by atoms with Gasteiger partial charge in [0, 0.05) is 10.5 Å². The second kappa shape index (κ2) is 5.50. The minimum absolute atomic E-state index is 0.0262. The van der Waals surface area contributed by atoms with Crippen LogP contribution in [0.5, 0.6) is 11.5 Å². The molecule has 0 radical (unpaired) electrons. The van der Waals surface area contributed by atoms with Gasteiger partial charge in [-0.05, 0) is 42.8 Å². The third-order valence-electron chi connectivity index (χ3n) is 2.53. The fourth-order valence-electron chi connectivity index (χ4n) is 1.52.